The number of carboxylic acid groups (broad SMARTS) is 1. The molecule has 0 atom stereocenters. The number of carbonyl (C=O) groups excluding carboxylic acids is 2. The van der Waals surface area contributed by atoms with Crippen molar-refractivity contribution < 1.29 is 19.5 Å². The molecule has 2 amide bonds. The quantitative estimate of drug-likeness (QED) is 0.708. The van der Waals surface area contributed by atoms with Crippen LogP contribution in [0.5, 0.6) is 0 Å². The smallest absolute Gasteiger partial charge is 0.323 e. The average molecular weight is 201 g/mol. The summed E-state index contributed by atoms with van der Waals surface area (Å²) in [4.78, 5) is 33.4. The first kappa shape index (κ1) is 12.6. The maximum Gasteiger partial charge on any atom is 0.323 e. The summed E-state index contributed by atoms with van der Waals surface area (Å²) in [5.74, 6) is -2.11. The molecule has 80 valence electrons. The highest BCUT2D eigenvalue weighted by atomic mass is 16.4. The van der Waals surface area contributed by atoms with E-state index in [2.05, 4.69) is 0 Å². The Hall–Kier alpha value is -1.39. The Morgan fingerprint density at radius 3 is 2.21 bits per heavy atom. The predicted molar refractivity (Wildman–Crippen MR) is 49.6 cm³/mol. The van der Waals surface area contributed by atoms with Gasteiger partial charge >= 0.3 is 5.97 Å². The fourth-order valence-electron chi connectivity index (χ4n) is 0.973. The Bertz CT molecular complexity index is 237. The zero-order chi connectivity index (χ0) is 11.1. The van der Waals surface area contributed by atoms with Crippen molar-refractivity contribution in [2.45, 2.75) is 33.1 Å². The van der Waals surface area contributed by atoms with Crippen molar-refractivity contribution in [1.82, 2.24) is 4.90 Å². The second-order valence-electron chi connectivity index (χ2n) is 3.00. The van der Waals surface area contributed by atoms with Gasteiger partial charge in [-0.1, -0.05) is 13.3 Å². The normalized spacial score (nSPS) is 9.57. The molecule has 14 heavy (non-hydrogen) atoms. The van der Waals surface area contributed by atoms with E-state index < -0.39 is 24.3 Å². The largest absolute Gasteiger partial charge is 0.480 e. The molecule has 0 aliphatic heterocycles. The minimum Gasteiger partial charge on any atom is -0.480 e. The van der Waals surface area contributed by atoms with Gasteiger partial charge in [-0.15, -0.1) is 0 Å². The van der Waals surface area contributed by atoms with Crippen LogP contribution in [0.1, 0.15) is 33.1 Å². The molecule has 0 bridgehead atoms. The molecule has 0 aliphatic rings. The van der Waals surface area contributed by atoms with Gasteiger partial charge in [-0.3, -0.25) is 19.3 Å². The molecule has 0 aliphatic carbocycles. The van der Waals surface area contributed by atoms with Crippen LogP contribution >= 0.6 is 0 Å². The van der Waals surface area contributed by atoms with Crippen LogP contribution < -0.4 is 0 Å². The second-order valence-corrected chi connectivity index (χ2v) is 3.00. The topological polar surface area (TPSA) is 74.7 Å². The summed E-state index contributed by atoms with van der Waals surface area (Å²) in [6, 6.07) is 0. The van der Waals surface area contributed by atoms with Gasteiger partial charge in [0.25, 0.3) is 0 Å². The van der Waals surface area contributed by atoms with Gasteiger partial charge in [-0.25, -0.2) is 0 Å². The minimum atomic E-state index is -1.18. The first-order valence-corrected chi connectivity index (χ1v) is 4.51. The Balaban J connectivity index is 4.26. The third-order valence-corrected chi connectivity index (χ3v) is 1.72. The number of imide groups is 1. The van der Waals surface area contributed by atoms with E-state index >= 15 is 0 Å². The number of hydrogen-bond donors (Lipinski definition) is 1. The lowest BCUT2D eigenvalue weighted by molar-refractivity contribution is -0.151. The SMILES string of the molecule is CCCCC(=O)N(CC(=O)O)C(C)=O. The van der Waals surface area contributed by atoms with Crippen molar-refractivity contribution in [3.05, 3.63) is 0 Å². The minimum absolute atomic E-state index is 0.226. The number of carbonyl (C=O) groups is 3. The number of aliphatic carboxylic acids is 1. The number of amides is 2. The van der Waals surface area contributed by atoms with Crippen molar-refractivity contribution >= 4 is 17.8 Å². The van der Waals surface area contributed by atoms with Crippen LogP contribution in [0.4, 0.5) is 0 Å². The highest BCUT2D eigenvalue weighted by Gasteiger charge is 2.19. The van der Waals surface area contributed by atoms with E-state index in [4.69, 9.17) is 5.11 Å². The molecule has 0 heterocycles. The summed E-state index contributed by atoms with van der Waals surface area (Å²) in [7, 11) is 0. The van der Waals surface area contributed by atoms with E-state index in [0.29, 0.717) is 6.42 Å². The van der Waals surface area contributed by atoms with Crippen LogP contribution in [0.2, 0.25) is 0 Å². The highest BCUT2D eigenvalue weighted by Crippen LogP contribution is 2.01. The number of rotatable bonds is 5. The predicted octanol–water partition coefficient (Wildman–Crippen LogP) is 0.636. The molecular formula is C9H15NO4. The van der Waals surface area contributed by atoms with Gasteiger partial charge in [0.05, 0.1) is 0 Å². The maximum absolute atomic E-state index is 11.3. The van der Waals surface area contributed by atoms with Gasteiger partial charge in [-0.05, 0) is 6.42 Å². The molecule has 0 fully saturated rings. The summed E-state index contributed by atoms with van der Waals surface area (Å²) in [6.07, 6.45) is 1.73. The lowest BCUT2D eigenvalue weighted by atomic mass is 10.2. The first-order chi connectivity index (χ1) is 6.49. The molecule has 0 aromatic heterocycles. The fraction of sp³-hybridized carbons (Fsp3) is 0.667. The van der Waals surface area contributed by atoms with Gasteiger partial charge in [-0.2, -0.15) is 0 Å². The molecule has 0 radical (unpaired) electrons. The van der Waals surface area contributed by atoms with Gasteiger partial charge in [0.15, 0.2) is 0 Å². The Labute approximate surface area is 82.7 Å². The summed E-state index contributed by atoms with van der Waals surface area (Å²) < 4.78 is 0. The third kappa shape index (κ3) is 4.59. The summed E-state index contributed by atoms with van der Waals surface area (Å²) >= 11 is 0. The van der Waals surface area contributed by atoms with Gasteiger partial charge < -0.3 is 5.11 Å². The molecule has 5 nitrogen and oxygen atoms in total. The van der Waals surface area contributed by atoms with Crippen molar-refractivity contribution in [3.63, 3.8) is 0 Å². The standard InChI is InChI=1S/C9H15NO4/c1-3-4-5-8(12)10(7(2)11)6-9(13)14/h3-6H2,1-2H3,(H,13,14). The molecule has 0 aromatic carbocycles. The maximum atomic E-state index is 11.3. The number of unbranched alkanes of at least 4 members (excludes halogenated alkanes) is 1. The summed E-state index contributed by atoms with van der Waals surface area (Å²) in [5.41, 5.74) is 0. The number of carboxylic acids is 1. The Kier molecular flexibility index (Phi) is 5.52. The molecular weight excluding hydrogens is 186 g/mol. The average Bonchev–Trinajstić information content (AvgIpc) is 2.09. The Morgan fingerprint density at radius 1 is 1.29 bits per heavy atom. The van der Waals surface area contributed by atoms with Crippen LogP contribution in [-0.2, 0) is 14.4 Å². The van der Waals surface area contributed by atoms with Crippen molar-refractivity contribution in [2.24, 2.45) is 0 Å². The van der Waals surface area contributed by atoms with Crippen LogP contribution in [0, 0.1) is 0 Å². The molecule has 0 unspecified atom stereocenters. The van der Waals surface area contributed by atoms with Gasteiger partial charge in [0.2, 0.25) is 11.8 Å². The lowest BCUT2D eigenvalue weighted by Crippen LogP contribution is -2.39. The van der Waals surface area contributed by atoms with E-state index in [1.807, 2.05) is 6.92 Å². The van der Waals surface area contributed by atoms with Crippen molar-refractivity contribution in [3.8, 4) is 0 Å². The number of nitrogens with zero attached hydrogens (tertiary/aromatic N) is 1. The lowest BCUT2D eigenvalue weighted by Gasteiger charge is -2.16. The first-order valence-electron chi connectivity index (χ1n) is 4.51. The van der Waals surface area contributed by atoms with Crippen LogP contribution in [0.15, 0.2) is 0 Å². The van der Waals surface area contributed by atoms with E-state index in [1.165, 1.54) is 6.92 Å². The fourth-order valence-corrected chi connectivity index (χ4v) is 0.973. The molecule has 5 heteroatoms. The Morgan fingerprint density at radius 2 is 1.86 bits per heavy atom. The second kappa shape index (κ2) is 6.12. The van der Waals surface area contributed by atoms with Crippen molar-refractivity contribution in [2.75, 3.05) is 6.54 Å². The monoisotopic (exact) mass is 201 g/mol. The molecule has 1 N–H and O–H groups in total. The van der Waals surface area contributed by atoms with E-state index in [9.17, 15) is 14.4 Å². The van der Waals surface area contributed by atoms with E-state index in [0.717, 1.165) is 11.3 Å². The van der Waals surface area contributed by atoms with E-state index in [1.54, 1.807) is 0 Å². The molecule has 0 aromatic rings. The zero-order valence-electron chi connectivity index (χ0n) is 8.45. The van der Waals surface area contributed by atoms with Crippen LogP contribution in [0.3, 0.4) is 0 Å². The van der Waals surface area contributed by atoms with Gasteiger partial charge in [0, 0.05) is 13.3 Å². The summed E-state index contributed by atoms with van der Waals surface area (Å²) in [5, 5.41) is 8.46. The van der Waals surface area contributed by atoms with Crippen LogP contribution in [-0.4, -0.2) is 34.3 Å². The molecule has 0 saturated heterocycles. The molecule has 0 spiro atoms. The van der Waals surface area contributed by atoms with E-state index in [-0.39, 0.29) is 6.42 Å². The third-order valence-electron chi connectivity index (χ3n) is 1.72. The summed E-state index contributed by atoms with van der Waals surface area (Å²) in [6.45, 7) is 2.56. The molecule has 0 rings (SSSR count). The van der Waals surface area contributed by atoms with Crippen molar-refractivity contribution in [1.29, 1.82) is 0 Å². The molecule has 0 saturated carbocycles. The zero-order valence-corrected chi connectivity index (χ0v) is 8.45. The van der Waals surface area contributed by atoms with Crippen LogP contribution in [0.25, 0.3) is 0 Å². The van der Waals surface area contributed by atoms with Gasteiger partial charge in [0.1, 0.15) is 6.54 Å². The number of hydrogen-bond acceptors (Lipinski definition) is 3. The highest BCUT2D eigenvalue weighted by molar-refractivity contribution is 5.96.